The average Bonchev–Trinajstić information content (AvgIpc) is 3.02. The van der Waals surface area contributed by atoms with Crippen LogP contribution in [0.1, 0.15) is 11.1 Å². The molecule has 26 heavy (non-hydrogen) atoms. The van der Waals surface area contributed by atoms with Crippen molar-refractivity contribution < 1.29 is 21.6 Å². The molecule has 0 saturated heterocycles. The molecule has 3 rings (SSSR count). The molecule has 1 aliphatic rings. The zero-order chi connectivity index (χ0) is 18.9. The van der Waals surface area contributed by atoms with Crippen LogP contribution in [-0.4, -0.2) is 33.0 Å². The molecule has 7 heteroatoms. The van der Waals surface area contributed by atoms with Crippen molar-refractivity contribution in [1.82, 2.24) is 4.98 Å². The largest absolute Gasteiger partial charge is 0.250 e. The van der Waals surface area contributed by atoms with E-state index in [9.17, 15) is 21.6 Å². The number of rotatable bonds is 5. The molecule has 0 atom stereocenters. The van der Waals surface area contributed by atoms with Gasteiger partial charge in [-0.25, -0.2) is 26.6 Å². The highest BCUT2D eigenvalue weighted by Gasteiger charge is 2.34. The lowest BCUT2D eigenvalue weighted by atomic mass is 9.93. The number of alkyl halides is 2. The van der Waals surface area contributed by atoms with E-state index in [0.29, 0.717) is 22.3 Å². The first-order valence-corrected chi connectivity index (χ1v) is 9.67. The van der Waals surface area contributed by atoms with E-state index in [4.69, 9.17) is 0 Å². The van der Waals surface area contributed by atoms with E-state index in [1.807, 2.05) is 0 Å². The van der Waals surface area contributed by atoms with Crippen molar-refractivity contribution in [3.63, 3.8) is 0 Å². The fourth-order valence-corrected chi connectivity index (χ4v) is 3.39. The van der Waals surface area contributed by atoms with Crippen LogP contribution in [0.15, 0.2) is 59.8 Å². The van der Waals surface area contributed by atoms with Gasteiger partial charge >= 0.3 is 0 Å². The van der Waals surface area contributed by atoms with Crippen molar-refractivity contribution >= 4 is 21.0 Å². The summed E-state index contributed by atoms with van der Waals surface area (Å²) >= 11 is 0. The van der Waals surface area contributed by atoms with E-state index in [2.05, 4.69) is 4.98 Å². The maximum Gasteiger partial charge on any atom is 0.192 e. The number of benzene rings is 1. The summed E-state index contributed by atoms with van der Waals surface area (Å²) in [6.07, 6.45) is 5.36. The van der Waals surface area contributed by atoms with Gasteiger partial charge in [-0.3, -0.25) is 0 Å². The molecule has 3 nitrogen and oxygen atoms in total. The molecule has 0 bridgehead atoms. The zero-order valence-electron chi connectivity index (χ0n) is 13.9. The average molecular weight is 379 g/mol. The first-order chi connectivity index (χ1) is 12.3. The van der Waals surface area contributed by atoms with Crippen LogP contribution in [0, 0.1) is 11.2 Å². The van der Waals surface area contributed by atoms with Gasteiger partial charge in [-0.2, -0.15) is 0 Å². The summed E-state index contributed by atoms with van der Waals surface area (Å²) in [5.41, 5.74) is 0.813. The van der Waals surface area contributed by atoms with Crippen LogP contribution < -0.4 is 0 Å². The van der Waals surface area contributed by atoms with E-state index < -0.39 is 34.4 Å². The highest BCUT2D eigenvalue weighted by atomic mass is 32.2. The standard InChI is InChI=1S/C19H16F3NO2S/c1-26(24,25)18-7-4-14(10-23-18)17-9-19(11-20,12-21)8-16(17)13-2-5-15(22)6-3-13/h2-10H,11-12H2,1H3. The Balaban J connectivity index is 2.10. The monoisotopic (exact) mass is 379 g/mol. The molecule has 1 heterocycles. The van der Waals surface area contributed by atoms with E-state index in [1.165, 1.54) is 48.7 Å². The minimum atomic E-state index is -3.45. The van der Waals surface area contributed by atoms with E-state index in [0.717, 1.165) is 6.26 Å². The van der Waals surface area contributed by atoms with Gasteiger partial charge in [-0.05, 0) is 41.0 Å². The second-order valence-corrected chi connectivity index (χ2v) is 8.24. The SMILES string of the molecule is CS(=O)(=O)c1ccc(C2=CC(CF)(CF)C=C2c2ccc(F)cc2)cn1. The first-order valence-electron chi connectivity index (χ1n) is 7.78. The summed E-state index contributed by atoms with van der Waals surface area (Å²) in [5.74, 6) is -0.417. The summed E-state index contributed by atoms with van der Waals surface area (Å²) in [4.78, 5) is 3.93. The molecule has 0 amide bonds. The number of allylic oxidation sites excluding steroid dienone is 4. The van der Waals surface area contributed by atoms with Gasteiger partial charge in [0.1, 0.15) is 19.2 Å². The lowest BCUT2D eigenvalue weighted by molar-refractivity contribution is 0.265. The molecule has 0 N–H and O–H groups in total. The minimum absolute atomic E-state index is 0.0885. The molecule has 0 saturated carbocycles. The second kappa shape index (κ2) is 6.72. The van der Waals surface area contributed by atoms with Crippen molar-refractivity contribution in [2.45, 2.75) is 5.03 Å². The van der Waals surface area contributed by atoms with Gasteiger partial charge in [-0.15, -0.1) is 0 Å². The van der Waals surface area contributed by atoms with Crippen LogP contribution >= 0.6 is 0 Å². The van der Waals surface area contributed by atoms with Gasteiger partial charge in [0.15, 0.2) is 14.9 Å². The Morgan fingerprint density at radius 1 is 0.923 bits per heavy atom. The Morgan fingerprint density at radius 3 is 1.92 bits per heavy atom. The normalized spacial score (nSPS) is 16.3. The third kappa shape index (κ3) is 3.44. The highest BCUT2D eigenvalue weighted by molar-refractivity contribution is 7.90. The van der Waals surface area contributed by atoms with Crippen molar-refractivity contribution in [3.05, 3.63) is 71.7 Å². The van der Waals surface area contributed by atoms with Gasteiger partial charge in [0, 0.05) is 18.0 Å². The molecular formula is C19H16F3NO2S. The zero-order valence-corrected chi connectivity index (χ0v) is 14.7. The van der Waals surface area contributed by atoms with Crippen molar-refractivity contribution in [2.24, 2.45) is 5.41 Å². The smallest absolute Gasteiger partial charge is 0.192 e. The molecule has 136 valence electrons. The second-order valence-electron chi connectivity index (χ2n) is 6.28. The van der Waals surface area contributed by atoms with Crippen LogP contribution in [0.25, 0.3) is 11.1 Å². The number of hydrogen-bond acceptors (Lipinski definition) is 3. The number of nitrogens with zero attached hydrogens (tertiary/aromatic N) is 1. The summed E-state index contributed by atoms with van der Waals surface area (Å²) in [5, 5.41) is -0.0885. The summed E-state index contributed by atoms with van der Waals surface area (Å²) in [6, 6.07) is 8.48. The van der Waals surface area contributed by atoms with Crippen molar-refractivity contribution in [1.29, 1.82) is 0 Å². The van der Waals surface area contributed by atoms with Crippen LogP contribution in [0.5, 0.6) is 0 Å². The Bertz CT molecular complexity index is 974. The fourth-order valence-electron chi connectivity index (χ4n) is 2.83. The van der Waals surface area contributed by atoms with Crippen LogP contribution in [-0.2, 0) is 9.84 Å². The predicted molar refractivity (Wildman–Crippen MR) is 94.1 cm³/mol. The molecule has 0 fully saturated rings. The van der Waals surface area contributed by atoms with Crippen LogP contribution in [0.3, 0.4) is 0 Å². The summed E-state index contributed by atoms with van der Waals surface area (Å²) in [7, 11) is -3.45. The maximum atomic E-state index is 13.5. The topological polar surface area (TPSA) is 47.0 Å². The highest BCUT2D eigenvalue weighted by Crippen LogP contribution is 2.44. The Morgan fingerprint density at radius 2 is 1.46 bits per heavy atom. The fraction of sp³-hybridized carbons (Fsp3) is 0.211. The molecule has 1 aromatic carbocycles. The van der Waals surface area contributed by atoms with Crippen LogP contribution in [0.2, 0.25) is 0 Å². The third-order valence-corrected chi connectivity index (χ3v) is 5.24. The van der Waals surface area contributed by atoms with Crippen molar-refractivity contribution in [3.8, 4) is 0 Å². The van der Waals surface area contributed by atoms with Gasteiger partial charge < -0.3 is 0 Å². The molecule has 0 unspecified atom stereocenters. The number of halogens is 3. The number of aromatic nitrogens is 1. The van der Waals surface area contributed by atoms with E-state index in [-0.39, 0.29) is 5.03 Å². The molecular weight excluding hydrogens is 363 g/mol. The van der Waals surface area contributed by atoms with Crippen molar-refractivity contribution in [2.75, 3.05) is 19.6 Å². The van der Waals surface area contributed by atoms with Gasteiger partial charge in [0.2, 0.25) is 0 Å². The van der Waals surface area contributed by atoms with E-state index >= 15 is 0 Å². The Labute approximate surface area is 149 Å². The number of pyridine rings is 1. The van der Waals surface area contributed by atoms with Gasteiger partial charge in [0.05, 0.1) is 5.41 Å². The molecule has 1 aliphatic carbocycles. The minimum Gasteiger partial charge on any atom is -0.250 e. The Hall–Kier alpha value is -2.41. The number of hydrogen-bond donors (Lipinski definition) is 0. The van der Waals surface area contributed by atoms with Crippen LogP contribution in [0.4, 0.5) is 13.2 Å². The Kier molecular flexibility index (Phi) is 4.75. The molecule has 1 aromatic heterocycles. The van der Waals surface area contributed by atoms with E-state index in [1.54, 1.807) is 6.07 Å². The molecule has 0 radical (unpaired) electrons. The first kappa shape index (κ1) is 18.4. The number of sulfone groups is 1. The molecule has 0 spiro atoms. The predicted octanol–water partition coefficient (Wildman–Crippen LogP) is 4.03. The summed E-state index contributed by atoms with van der Waals surface area (Å²) in [6.45, 7) is -1.85. The quantitative estimate of drug-likeness (QED) is 0.788. The third-order valence-electron chi connectivity index (χ3n) is 4.23. The molecule has 2 aromatic rings. The van der Waals surface area contributed by atoms with Gasteiger partial charge in [-0.1, -0.05) is 24.3 Å². The lowest BCUT2D eigenvalue weighted by Gasteiger charge is -2.15. The van der Waals surface area contributed by atoms with Gasteiger partial charge in [0.25, 0.3) is 0 Å². The molecule has 0 aliphatic heterocycles. The maximum absolute atomic E-state index is 13.5. The lowest BCUT2D eigenvalue weighted by Crippen LogP contribution is -2.18. The summed E-state index contributed by atoms with van der Waals surface area (Å²) < 4.78 is 63.4.